The third-order valence-corrected chi connectivity index (χ3v) is 4.51. The second-order valence-electron chi connectivity index (χ2n) is 6.04. The molecule has 0 bridgehead atoms. The third-order valence-electron chi connectivity index (χ3n) is 4.51. The van der Waals surface area contributed by atoms with Crippen molar-refractivity contribution in [3.63, 3.8) is 0 Å². The van der Waals surface area contributed by atoms with Gasteiger partial charge in [-0.3, -0.25) is 13.9 Å². The maximum absolute atomic E-state index is 12.3. The van der Waals surface area contributed by atoms with Gasteiger partial charge >= 0.3 is 5.69 Å². The summed E-state index contributed by atoms with van der Waals surface area (Å²) in [6, 6.07) is 0.190. The Hall–Kier alpha value is -1.72. The van der Waals surface area contributed by atoms with Crippen LogP contribution in [0.4, 0.5) is 11.5 Å². The first kappa shape index (κ1) is 15.7. The second-order valence-corrected chi connectivity index (χ2v) is 6.04. The van der Waals surface area contributed by atoms with E-state index in [4.69, 9.17) is 5.73 Å². The Balaban J connectivity index is 2.38. The van der Waals surface area contributed by atoms with Crippen molar-refractivity contribution in [3.05, 3.63) is 20.8 Å². The smallest absolute Gasteiger partial charge is 0.332 e. The Bertz CT molecular complexity index is 611. The van der Waals surface area contributed by atoms with Gasteiger partial charge in [0, 0.05) is 19.6 Å². The number of aromatic nitrogens is 2. The highest BCUT2D eigenvalue weighted by Crippen LogP contribution is 2.29. The summed E-state index contributed by atoms with van der Waals surface area (Å²) >= 11 is 0. The monoisotopic (exact) mass is 294 g/mol. The Labute approximate surface area is 125 Å². The molecule has 1 aromatic rings. The van der Waals surface area contributed by atoms with E-state index in [1.165, 1.54) is 37.3 Å². The van der Waals surface area contributed by atoms with Crippen LogP contribution in [0.25, 0.3) is 0 Å². The van der Waals surface area contributed by atoms with Gasteiger partial charge in [0.2, 0.25) is 0 Å². The minimum atomic E-state index is -0.349. The summed E-state index contributed by atoms with van der Waals surface area (Å²) in [5, 5.41) is 3.27. The van der Waals surface area contributed by atoms with Crippen molar-refractivity contribution in [1.82, 2.24) is 9.13 Å². The highest BCUT2D eigenvalue weighted by atomic mass is 16.2. The molecule has 0 aromatic carbocycles. The fourth-order valence-electron chi connectivity index (χ4n) is 3.16. The molecule has 1 atom stereocenters. The molecule has 1 fully saturated rings. The predicted octanol–water partition coefficient (Wildman–Crippen LogP) is 1.53. The number of rotatable bonds is 5. The fraction of sp³-hybridized carbons (Fsp3) is 0.733. The van der Waals surface area contributed by atoms with Gasteiger partial charge in [0.25, 0.3) is 5.56 Å². The standard InChI is InChI=1S/C15H26N4O2/c1-4-9-19-13(16)12(14(20)18(3)15(19)21)17-10(2)11-7-5-6-8-11/h10-11,17H,4-9,16H2,1-3H3. The van der Waals surface area contributed by atoms with Gasteiger partial charge in [-0.25, -0.2) is 4.79 Å². The first-order valence-electron chi connectivity index (χ1n) is 7.83. The molecule has 0 spiro atoms. The van der Waals surface area contributed by atoms with Gasteiger partial charge < -0.3 is 11.1 Å². The van der Waals surface area contributed by atoms with E-state index < -0.39 is 0 Å². The normalized spacial score (nSPS) is 17.1. The highest BCUT2D eigenvalue weighted by molar-refractivity contribution is 5.61. The maximum atomic E-state index is 12.3. The maximum Gasteiger partial charge on any atom is 0.332 e. The molecule has 0 amide bonds. The molecule has 0 radical (unpaired) electrons. The Morgan fingerprint density at radius 1 is 1.33 bits per heavy atom. The largest absolute Gasteiger partial charge is 0.383 e. The van der Waals surface area contributed by atoms with E-state index in [-0.39, 0.29) is 23.1 Å². The molecule has 21 heavy (non-hydrogen) atoms. The Kier molecular flexibility index (Phi) is 4.75. The topological polar surface area (TPSA) is 82.0 Å². The van der Waals surface area contributed by atoms with Crippen molar-refractivity contribution >= 4 is 11.5 Å². The zero-order chi connectivity index (χ0) is 15.6. The number of nitrogens with two attached hydrogens (primary N) is 1. The first-order valence-corrected chi connectivity index (χ1v) is 7.83. The molecular weight excluding hydrogens is 268 g/mol. The van der Waals surface area contributed by atoms with Crippen LogP contribution in [0.15, 0.2) is 9.59 Å². The number of hydrogen-bond donors (Lipinski definition) is 2. The van der Waals surface area contributed by atoms with Gasteiger partial charge in [0.15, 0.2) is 0 Å². The molecule has 1 aliphatic rings. The first-order chi connectivity index (χ1) is 9.97. The number of nitrogens with zero attached hydrogens (tertiary/aromatic N) is 2. The number of anilines is 2. The molecule has 0 saturated heterocycles. The summed E-state index contributed by atoms with van der Waals surface area (Å²) in [5.74, 6) is 0.829. The van der Waals surface area contributed by atoms with Crippen molar-refractivity contribution < 1.29 is 0 Å². The summed E-state index contributed by atoms with van der Waals surface area (Å²) in [6.45, 7) is 4.58. The van der Waals surface area contributed by atoms with Crippen LogP contribution >= 0.6 is 0 Å². The van der Waals surface area contributed by atoms with E-state index in [1.807, 2.05) is 6.92 Å². The van der Waals surface area contributed by atoms with Crippen LogP contribution in [0.5, 0.6) is 0 Å². The fourth-order valence-corrected chi connectivity index (χ4v) is 3.16. The average molecular weight is 294 g/mol. The van der Waals surface area contributed by atoms with Gasteiger partial charge in [0.05, 0.1) is 0 Å². The van der Waals surface area contributed by atoms with Gasteiger partial charge in [-0.15, -0.1) is 0 Å². The molecule has 0 aliphatic heterocycles. The molecule has 1 aromatic heterocycles. The van der Waals surface area contributed by atoms with E-state index in [9.17, 15) is 9.59 Å². The van der Waals surface area contributed by atoms with Crippen molar-refractivity contribution in [3.8, 4) is 0 Å². The third kappa shape index (κ3) is 2.99. The van der Waals surface area contributed by atoms with Gasteiger partial charge in [-0.05, 0) is 32.1 Å². The molecule has 1 unspecified atom stereocenters. The lowest BCUT2D eigenvalue weighted by Gasteiger charge is -2.23. The zero-order valence-corrected chi connectivity index (χ0v) is 13.2. The number of hydrogen-bond acceptors (Lipinski definition) is 4. The highest BCUT2D eigenvalue weighted by Gasteiger charge is 2.24. The molecule has 2 rings (SSSR count). The molecule has 1 aliphatic carbocycles. The van der Waals surface area contributed by atoms with Crippen LogP contribution in [0.3, 0.4) is 0 Å². The van der Waals surface area contributed by atoms with Gasteiger partial charge in [-0.2, -0.15) is 0 Å². The lowest BCUT2D eigenvalue weighted by atomic mass is 10.00. The summed E-state index contributed by atoms with van der Waals surface area (Å²) < 4.78 is 2.61. The van der Waals surface area contributed by atoms with E-state index in [2.05, 4.69) is 12.2 Å². The van der Waals surface area contributed by atoms with Crippen molar-refractivity contribution in [1.29, 1.82) is 0 Å². The average Bonchev–Trinajstić information content (AvgIpc) is 3.00. The number of nitrogens with one attached hydrogen (secondary N) is 1. The summed E-state index contributed by atoms with van der Waals surface area (Å²) in [4.78, 5) is 24.4. The van der Waals surface area contributed by atoms with Crippen LogP contribution in [0.1, 0.15) is 46.0 Å². The molecule has 3 N–H and O–H groups in total. The Morgan fingerprint density at radius 3 is 2.52 bits per heavy atom. The van der Waals surface area contributed by atoms with Crippen LogP contribution in [-0.2, 0) is 13.6 Å². The lowest BCUT2D eigenvalue weighted by molar-refractivity contribution is 0.480. The molecule has 1 saturated carbocycles. The van der Waals surface area contributed by atoms with Crippen LogP contribution < -0.4 is 22.3 Å². The molecule has 6 heteroatoms. The quantitative estimate of drug-likeness (QED) is 0.863. The predicted molar refractivity (Wildman–Crippen MR) is 85.7 cm³/mol. The van der Waals surface area contributed by atoms with Crippen molar-refractivity contribution in [2.45, 2.75) is 58.5 Å². The van der Waals surface area contributed by atoms with Crippen LogP contribution in [0, 0.1) is 5.92 Å². The van der Waals surface area contributed by atoms with Gasteiger partial charge in [-0.1, -0.05) is 19.8 Å². The number of nitrogen functional groups attached to an aromatic ring is 1. The van der Waals surface area contributed by atoms with E-state index in [0.29, 0.717) is 18.2 Å². The van der Waals surface area contributed by atoms with Crippen LogP contribution in [0.2, 0.25) is 0 Å². The van der Waals surface area contributed by atoms with Crippen LogP contribution in [-0.4, -0.2) is 15.2 Å². The van der Waals surface area contributed by atoms with E-state index >= 15 is 0 Å². The van der Waals surface area contributed by atoms with Gasteiger partial charge in [0.1, 0.15) is 11.5 Å². The summed E-state index contributed by atoms with van der Waals surface area (Å²) in [7, 11) is 1.50. The second kappa shape index (κ2) is 6.37. The van der Waals surface area contributed by atoms with Crippen molar-refractivity contribution in [2.75, 3.05) is 11.1 Å². The lowest BCUT2D eigenvalue weighted by Crippen LogP contribution is -2.42. The SMILES string of the molecule is CCCn1c(N)c(NC(C)C2CCCC2)c(=O)n(C)c1=O. The minimum Gasteiger partial charge on any atom is -0.383 e. The Morgan fingerprint density at radius 2 is 1.95 bits per heavy atom. The van der Waals surface area contributed by atoms with E-state index in [1.54, 1.807) is 0 Å². The molecular formula is C15H26N4O2. The van der Waals surface area contributed by atoms with Crippen molar-refractivity contribution in [2.24, 2.45) is 13.0 Å². The molecule has 118 valence electrons. The summed E-state index contributed by atoms with van der Waals surface area (Å²) in [6.07, 6.45) is 5.66. The minimum absolute atomic E-state index is 0.190. The summed E-state index contributed by atoms with van der Waals surface area (Å²) in [5.41, 5.74) is 5.75. The van der Waals surface area contributed by atoms with E-state index in [0.717, 1.165) is 11.0 Å². The zero-order valence-electron chi connectivity index (χ0n) is 13.2. The molecule has 1 heterocycles. The molecule has 6 nitrogen and oxygen atoms in total.